The van der Waals surface area contributed by atoms with Crippen LogP contribution >= 0.6 is 35.6 Å². The second kappa shape index (κ2) is 7.84. The Hall–Kier alpha value is -2.15. The van der Waals surface area contributed by atoms with Crippen molar-refractivity contribution < 1.29 is 9.59 Å². The lowest BCUT2D eigenvalue weighted by Gasteiger charge is -2.22. The Morgan fingerprint density at radius 2 is 1.70 bits per heavy atom. The van der Waals surface area contributed by atoms with Gasteiger partial charge in [-0.25, -0.2) is 0 Å². The zero-order chi connectivity index (χ0) is 20.8. The maximum absolute atomic E-state index is 13.5. The second-order valence-corrected chi connectivity index (χ2v) is 9.80. The van der Waals surface area contributed by atoms with Crippen molar-refractivity contribution in [2.24, 2.45) is 0 Å². The lowest BCUT2D eigenvalue weighted by Crippen LogP contribution is -2.37. The molecule has 7 heteroatoms. The number of halogens is 1. The summed E-state index contributed by atoms with van der Waals surface area (Å²) < 4.78 is 0.566. The van der Waals surface area contributed by atoms with Crippen molar-refractivity contribution in [1.29, 1.82) is 0 Å². The highest BCUT2D eigenvalue weighted by Crippen LogP contribution is 2.46. The van der Waals surface area contributed by atoms with Crippen molar-refractivity contribution >= 4 is 63.0 Å². The summed E-state index contributed by atoms with van der Waals surface area (Å²) in [6.45, 7) is 0.416. The molecule has 152 valence electrons. The van der Waals surface area contributed by atoms with Gasteiger partial charge in [0.2, 0.25) is 0 Å². The van der Waals surface area contributed by atoms with Crippen LogP contribution in [0.3, 0.4) is 0 Å². The summed E-state index contributed by atoms with van der Waals surface area (Å²) in [5, 5.41) is 0.656. The Kier molecular flexibility index (Phi) is 5.17. The molecule has 3 aliphatic rings. The molecule has 0 aromatic heterocycles. The van der Waals surface area contributed by atoms with Crippen LogP contribution < -0.4 is 4.90 Å². The van der Waals surface area contributed by atoms with E-state index in [2.05, 4.69) is 0 Å². The summed E-state index contributed by atoms with van der Waals surface area (Å²) in [4.78, 5) is 30.8. The smallest absolute Gasteiger partial charge is 0.267 e. The summed E-state index contributed by atoms with van der Waals surface area (Å²) in [6, 6.07) is 15.3. The van der Waals surface area contributed by atoms with Crippen LogP contribution in [0.25, 0.3) is 5.57 Å². The van der Waals surface area contributed by atoms with Gasteiger partial charge in [-0.15, -0.1) is 0 Å². The summed E-state index contributed by atoms with van der Waals surface area (Å²) in [6.07, 6.45) is 4.18. The van der Waals surface area contributed by atoms with E-state index in [9.17, 15) is 9.59 Å². The van der Waals surface area contributed by atoms with E-state index in [0.29, 0.717) is 26.4 Å². The molecule has 2 fully saturated rings. The molecule has 2 aromatic rings. The van der Waals surface area contributed by atoms with E-state index >= 15 is 0 Å². The van der Waals surface area contributed by atoms with Crippen molar-refractivity contribution in [3.8, 4) is 0 Å². The van der Waals surface area contributed by atoms with Crippen LogP contribution in [0.15, 0.2) is 53.4 Å². The third-order valence-electron chi connectivity index (χ3n) is 5.89. The number of benzene rings is 2. The zero-order valence-electron chi connectivity index (χ0n) is 16.1. The monoisotopic (exact) mass is 454 g/mol. The average Bonchev–Trinajstić information content (AvgIpc) is 3.42. The van der Waals surface area contributed by atoms with Crippen molar-refractivity contribution in [1.82, 2.24) is 4.90 Å². The van der Waals surface area contributed by atoms with Gasteiger partial charge in [-0.05, 0) is 36.6 Å². The first-order chi connectivity index (χ1) is 14.5. The van der Waals surface area contributed by atoms with E-state index in [4.69, 9.17) is 23.8 Å². The molecule has 2 aliphatic heterocycles. The first kappa shape index (κ1) is 19.8. The lowest BCUT2D eigenvalue weighted by molar-refractivity contribution is -0.123. The van der Waals surface area contributed by atoms with Gasteiger partial charge >= 0.3 is 0 Å². The van der Waals surface area contributed by atoms with E-state index in [1.807, 2.05) is 48.5 Å². The number of amides is 2. The number of hydrogen-bond acceptors (Lipinski definition) is 4. The molecular formula is C23H19ClN2O2S2. The van der Waals surface area contributed by atoms with Gasteiger partial charge in [0.25, 0.3) is 11.8 Å². The molecule has 1 aliphatic carbocycles. The van der Waals surface area contributed by atoms with E-state index in [0.717, 1.165) is 42.5 Å². The van der Waals surface area contributed by atoms with Gasteiger partial charge in [0.05, 0.1) is 22.7 Å². The lowest BCUT2D eigenvalue weighted by atomic mass is 10.1. The maximum atomic E-state index is 13.5. The molecule has 1 saturated carbocycles. The van der Waals surface area contributed by atoms with Crippen molar-refractivity contribution in [2.45, 2.75) is 38.3 Å². The first-order valence-corrected chi connectivity index (χ1v) is 11.6. The number of nitrogens with zero attached hydrogens (tertiary/aromatic N) is 2. The quantitative estimate of drug-likeness (QED) is 0.460. The molecule has 0 atom stereocenters. The summed E-state index contributed by atoms with van der Waals surface area (Å²) in [7, 11) is 0. The van der Waals surface area contributed by atoms with Gasteiger partial charge in [-0.2, -0.15) is 0 Å². The molecule has 2 heterocycles. The number of hydrogen-bond donors (Lipinski definition) is 0. The van der Waals surface area contributed by atoms with Crippen LogP contribution in [-0.4, -0.2) is 27.1 Å². The summed E-state index contributed by atoms with van der Waals surface area (Å²) in [5.74, 6) is -0.276. The Balaban J connectivity index is 1.54. The number of fused-ring (bicyclic) bond motifs is 1. The van der Waals surface area contributed by atoms with Crippen molar-refractivity contribution in [3.05, 3.63) is 69.6 Å². The van der Waals surface area contributed by atoms with Crippen LogP contribution in [0.2, 0.25) is 5.02 Å². The molecule has 0 radical (unpaired) electrons. The predicted molar refractivity (Wildman–Crippen MR) is 125 cm³/mol. The normalized spacial score (nSPS) is 21.8. The van der Waals surface area contributed by atoms with E-state index in [-0.39, 0.29) is 17.9 Å². The highest BCUT2D eigenvalue weighted by Gasteiger charge is 2.44. The van der Waals surface area contributed by atoms with Gasteiger partial charge < -0.3 is 4.90 Å². The topological polar surface area (TPSA) is 40.6 Å². The molecule has 4 nitrogen and oxygen atoms in total. The van der Waals surface area contributed by atoms with Crippen molar-refractivity contribution in [2.75, 3.05) is 4.90 Å². The molecular weight excluding hydrogens is 436 g/mol. The highest BCUT2D eigenvalue weighted by atomic mass is 35.5. The Morgan fingerprint density at radius 1 is 1.00 bits per heavy atom. The zero-order valence-corrected chi connectivity index (χ0v) is 18.5. The maximum Gasteiger partial charge on any atom is 0.267 e. The largest absolute Gasteiger partial charge is 0.303 e. The molecule has 0 bridgehead atoms. The highest BCUT2D eigenvalue weighted by molar-refractivity contribution is 8.26. The second-order valence-electron chi connectivity index (χ2n) is 7.72. The molecule has 0 unspecified atom stereocenters. The average molecular weight is 455 g/mol. The molecule has 1 saturated heterocycles. The summed E-state index contributed by atoms with van der Waals surface area (Å²) in [5.41, 5.74) is 3.06. The number of para-hydroxylation sites is 1. The molecule has 5 rings (SSSR count). The van der Waals surface area contributed by atoms with Gasteiger partial charge in [0, 0.05) is 16.6 Å². The Labute approximate surface area is 189 Å². The van der Waals surface area contributed by atoms with Gasteiger partial charge in [-0.3, -0.25) is 14.5 Å². The van der Waals surface area contributed by atoms with Gasteiger partial charge in [0.1, 0.15) is 4.32 Å². The van der Waals surface area contributed by atoms with E-state index < -0.39 is 0 Å². The number of carbonyl (C=O) groups is 2. The predicted octanol–water partition coefficient (Wildman–Crippen LogP) is 5.40. The van der Waals surface area contributed by atoms with Crippen LogP contribution in [-0.2, 0) is 16.1 Å². The van der Waals surface area contributed by atoms with E-state index in [1.165, 1.54) is 11.8 Å². The standard InChI is InChI=1S/C23H19ClN2O2S2/c24-15-11-9-14(10-12-15)13-25-18-8-4-3-7-17(18)19(21(25)27)20-22(28)26(23(29)30-20)16-5-1-2-6-16/h3-4,7-12,16H,1-2,5-6,13H2/b20-19-. The molecule has 0 N–H and O–H groups in total. The SMILES string of the molecule is O=C1/C(=C2\SC(=S)N(C3CCCC3)C2=O)c2ccccc2N1Cc1ccc(Cl)cc1. The number of thiocarbonyl (C=S) groups is 1. The third-order valence-corrected chi connectivity index (χ3v) is 7.55. The minimum atomic E-state index is -0.155. The first-order valence-electron chi connectivity index (χ1n) is 10.00. The fourth-order valence-electron chi connectivity index (χ4n) is 4.44. The number of carbonyl (C=O) groups excluding carboxylic acids is 2. The van der Waals surface area contributed by atoms with Crippen LogP contribution in [0, 0.1) is 0 Å². The van der Waals surface area contributed by atoms with Crippen LogP contribution in [0.5, 0.6) is 0 Å². The Bertz CT molecular complexity index is 1090. The number of rotatable bonds is 3. The molecule has 2 aromatic carbocycles. The fraction of sp³-hybridized carbons (Fsp3) is 0.261. The van der Waals surface area contributed by atoms with Crippen LogP contribution in [0.4, 0.5) is 5.69 Å². The van der Waals surface area contributed by atoms with Gasteiger partial charge in [-0.1, -0.05) is 78.8 Å². The van der Waals surface area contributed by atoms with E-state index in [1.54, 1.807) is 9.80 Å². The van der Waals surface area contributed by atoms with Crippen LogP contribution in [0.1, 0.15) is 36.8 Å². The molecule has 2 amide bonds. The third kappa shape index (κ3) is 3.27. The number of thioether (sulfide) groups is 1. The fourth-order valence-corrected chi connectivity index (χ4v) is 6.03. The molecule has 0 spiro atoms. The number of anilines is 1. The Morgan fingerprint density at radius 3 is 2.43 bits per heavy atom. The molecule has 30 heavy (non-hydrogen) atoms. The minimum Gasteiger partial charge on any atom is -0.303 e. The van der Waals surface area contributed by atoms with Crippen molar-refractivity contribution in [3.63, 3.8) is 0 Å². The minimum absolute atomic E-state index is 0.122. The van der Waals surface area contributed by atoms with Gasteiger partial charge in [0.15, 0.2) is 0 Å². The summed E-state index contributed by atoms with van der Waals surface area (Å²) >= 11 is 12.8.